The largest absolute Gasteiger partial charge is 0.389 e. The van der Waals surface area contributed by atoms with Gasteiger partial charge in [-0.2, -0.15) is 0 Å². The van der Waals surface area contributed by atoms with Gasteiger partial charge < -0.3 is 10.4 Å². The quantitative estimate of drug-likeness (QED) is 0.738. The average molecular weight is 338 g/mol. The summed E-state index contributed by atoms with van der Waals surface area (Å²) in [7, 11) is 0. The zero-order chi connectivity index (χ0) is 17.7. The standard InChI is InChI=1S/C23H31NO/c1-3-5-16-23(25)17-21(18-12-8-6-9-13-18)24-22(20(23)4-2)19-14-10-7-11-15-19/h6-15,20-22,24-25H,3-5,16-17H2,1-2H3. The fourth-order valence-corrected chi connectivity index (χ4v) is 4.48. The summed E-state index contributed by atoms with van der Waals surface area (Å²) < 4.78 is 0. The molecule has 0 amide bonds. The monoisotopic (exact) mass is 337 g/mol. The van der Waals surface area contributed by atoms with Crippen molar-refractivity contribution in [2.45, 2.75) is 63.6 Å². The minimum Gasteiger partial charge on any atom is -0.389 e. The first-order valence-corrected chi connectivity index (χ1v) is 9.76. The molecule has 2 aromatic rings. The van der Waals surface area contributed by atoms with E-state index in [1.165, 1.54) is 11.1 Å². The van der Waals surface area contributed by atoms with Gasteiger partial charge in [-0.05, 0) is 30.4 Å². The number of aliphatic hydroxyl groups is 1. The molecule has 25 heavy (non-hydrogen) atoms. The lowest BCUT2D eigenvalue weighted by molar-refractivity contribution is -0.0835. The van der Waals surface area contributed by atoms with Gasteiger partial charge in [-0.3, -0.25) is 0 Å². The van der Waals surface area contributed by atoms with Crippen molar-refractivity contribution in [3.8, 4) is 0 Å². The Kier molecular flexibility index (Phi) is 5.93. The molecular formula is C23H31NO. The fraction of sp³-hybridized carbons (Fsp3) is 0.478. The maximum atomic E-state index is 11.7. The maximum Gasteiger partial charge on any atom is 0.0712 e. The highest BCUT2D eigenvalue weighted by molar-refractivity contribution is 5.26. The molecule has 1 saturated heterocycles. The third kappa shape index (κ3) is 3.96. The first-order chi connectivity index (χ1) is 12.2. The van der Waals surface area contributed by atoms with E-state index in [0.717, 1.165) is 32.1 Å². The van der Waals surface area contributed by atoms with Crippen LogP contribution < -0.4 is 5.32 Å². The smallest absolute Gasteiger partial charge is 0.0712 e. The van der Waals surface area contributed by atoms with Gasteiger partial charge >= 0.3 is 0 Å². The first-order valence-electron chi connectivity index (χ1n) is 9.76. The zero-order valence-electron chi connectivity index (χ0n) is 15.5. The molecule has 134 valence electrons. The Bertz CT molecular complexity index is 642. The molecule has 2 N–H and O–H groups in total. The lowest BCUT2D eigenvalue weighted by atomic mass is 9.68. The number of unbranched alkanes of at least 4 members (excludes halogenated alkanes) is 1. The van der Waals surface area contributed by atoms with E-state index in [2.05, 4.69) is 79.8 Å². The summed E-state index contributed by atoms with van der Waals surface area (Å²) in [6.07, 6.45) is 4.86. The highest BCUT2D eigenvalue weighted by Crippen LogP contribution is 2.46. The highest BCUT2D eigenvalue weighted by Gasteiger charge is 2.46. The predicted octanol–water partition coefficient (Wildman–Crippen LogP) is 5.41. The van der Waals surface area contributed by atoms with Crippen LogP contribution in [0.15, 0.2) is 60.7 Å². The van der Waals surface area contributed by atoms with Gasteiger partial charge in [0.1, 0.15) is 0 Å². The van der Waals surface area contributed by atoms with Crippen molar-refractivity contribution in [3.05, 3.63) is 71.8 Å². The Morgan fingerprint density at radius 1 is 0.960 bits per heavy atom. The van der Waals surface area contributed by atoms with Crippen molar-refractivity contribution < 1.29 is 5.11 Å². The second kappa shape index (κ2) is 8.16. The number of hydrogen-bond acceptors (Lipinski definition) is 2. The van der Waals surface area contributed by atoms with Crippen LogP contribution in [-0.4, -0.2) is 10.7 Å². The SMILES string of the molecule is CCCCC1(O)CC(c2ccccc2)NC(c2ccccc2)C1CC. The molecule has 4 unspecified atom stereocenters. The molecule has 4 atom stereocenters. The molecule has 3 rings (SSSR count). The van der Waals surface area contributed by atoms with Crippen molar-refractivity contribution in [1.29, 1.82) is 0 Å². The van der Waals surface area contributed by atoms with Crippen LogP contribution in [0.2, 0.25) is 0 Å². The van der Waals surface area contributed by atoms with E-state index in [9.17, 15) is 5.11 Å². The van der Waals surface area contributed by atoms with E-state index < -0.39 is 5.60 Å². The normalized spacial score (nSPS) is 29.5. The summed E-state index contributed by atoms with van der Waals surface area (Å²) in [5, 5.41) is 15.5. The van der Waals surface area contributed by atoms with Gasteiger partial charge in [0.25, 0.3) is 0 Å². The van der Waals surface area contributed by atoms with Crippen LogP contribution in [-0.2, 0) is 0 Å². The van der Waals surface area contributed by atoms with Gasteiger partial charge in [0.05, 0.1) is 5.60 Å². The summed E-state index contributed by atoms with van der Waals surface area (Å²) in [6, 6.07) is 21.6. The number of piperidine rings is 1. The molecule has 2 nitrogen and oxygen atoms in total. The van der Waals surface area contributed by atoms with Gasteiger partial charge in [0.15, 0.2) is 0 Å². The molecule has 0 aliphatic carbocycles. The third-order valence-electron chi connectivity index (χ3n) is 5.79. The van der Waals surface area contributed by atoms with E-state index >= 15 is 0 Å². The number of benzene rings is 2. The maximum absolute atomic E-state index is 11.7. The van der Waals surface area contributed by atoms with E-state index in [-0.39, 0.29) is 18.0 Å². The molecule has 2 aromatic carbocycles. The van der Waals surface area contributed by atoms with Crippen LogP contribution in [0.25, 0.3) is 0 Å². The Hall–Kier alpha value is -1.64. The summed E-state index contributed by atoms with van der Waals surface area (Å²) in [5.74, 6) is 0.237. The van der Waals surface area contributed by atoms with E-state index in [4.69, 9.17) is 0 Å². The lowest BCUT2D eigenvalue weighted by Crippen LogP contribution is -2.53. The van der Waals surface area contributed by atoms with Gasteiger partial charge in [-0.1, -0.05) is 87.4 Å². The van der Waals surface area contributed by atoms with Crippen molar-refractivity contribution in [3.63, 3.8) is 0 Å². The summed E-state index contributed by atoms with van der Waals surface area (Å²) in [4.78, 5) is 0. The Morgan fingerprint density at radius 2 is 1.56 bits per heavy atom. The molecule has 0 saturated carbocycles. The van der Waals surface area contributed by atoms with Crippen molar-refractivity contribution in [2.75, 3.05) is 0 Å². The van der Waals surface area contributed by atoms with Crippen LogP contribution in [0.3, 0.4) is 0 Å². The molecule has 0 radical (unpaired) electrons. The predicted molar refractivity (Wildman–Crippen MR) is 104 cm³/mol. The number of rotatable bonds is 6. The summed E-state index contributed by atoms with van der Waals surface area (Å²) >= 11 is 0. The Morgan fingerprint density at radius 3 is 2.12 bits per heavy atom. The molecule has 2 heteroatoms. The minimum absolute atomic E-state index is 0.187. The summed E-state index contributed by atoms with van der Waals surface area (Å²) in [6.45, 7) is 4.41. The number of hydrogen-bond donors (Lipinski definition) is 2. The van der Waals surface area contributed by atoms with Crippen LogP contribution >= 0.6 is 0 Å². The van der Waals surface area contributed by atoms with Gasteiger partial charge in [-0.15, -0.1) is 0 Å². The average Bonchev–Trinajstić information content (AvgIpc) is 2.67. The second-order valence-electron chi connectivity index (χ2n) is 7.44. The van der Waals surface area contributed by atoms with Crippen LogP contribution in [0.4, 0.5) is 0 Å². The molecular weight excluding hydrogens is 306 g/mol. The lowest BCUT2D eigenvalue weighted by Gasteiger charge is -2.49. The van der Waals surface area contributed by atoms with Crippen molar-refractivity contribution >= 4 is 0 Å². The van der Waals surface area contributed by atoms with Crippen LogP contribution in [0.1, 0.15) is 69.2 Å². The molecule has 1 aliphatic rings. The molecule has 0 spiro atoms. The Labute approximate surface area is 152 Å². The van der Waals surface area contributed by atoms with Gasteiger partial charge in [0, 0.05) is 18.0 Å². The summed E-state index contributed by atoms with van der Waals surface area (Å²) in [5.41, 5.74) is 1.94. The van der Waals surface area contributed by atoms with E-state index in [0.29, 0.717) is 0 Å². The van der Waals surface area contributed by atoms with Crippen LogP contribution in [0.5, 0.6) is 0 Å². The number of nitrogens with one attached hydrogen (secondary N) is 1. The van der Waals surface area contributed by atoms with E-state index in [1.807, 2.05) is 0 Å². The van der Waals surface area contributed by atoms with Crippen molar-refractivity contribution in [1.82, 2.24) is 5.32 Å². The van der Waals surface area contributed by atoms with Gasteiger partial charge in [-0.25, -0.2) is 0 Å². The molecule has 1 aliphatic heterocycles. The molecule has 1 fully saturated rings. The molecule has 0 bridgehead atoms. The van der Waals surface area contributed by atoms with Crippen molar-refractivity contribution in [2.24, 2.45) is 5.92 Å². The minimum atomic E-state index is -0.614. The second-order valence-corrected chi connectivity index (χ2v) is 7.44. The van der Waals surface area contributed by atoms with E-state index in [1.54, 1.807) is 0 Å². The zero-order valence-corrected chi connectivity index (χ0v) is 15.5. The first kappa shape index (κ1) is 18.2. The van der Waals surface area contributed by atoms with Gasteiger partial charge in [0.2, 0.25) is 0 Å². The Balaban J connectivity index is 1.97. The molecule has 0 aromatic heterocycles. The third-order valence-corrected chi connectivity index (χ3v) is 5.79. The topological polar surface area (TPSA) is 32.3 Å². The highest BCUT2D eigenvalue weighted by atomic mass is 16.3. The molecule has 1 heterocycles. The fourth-order valence-electron chi connectivity index (χ4n) is 4.48. The van der Waals surface area contributed by atoms with Crippen LogP contribution in [0, 0.1) is 5.92 Å².